The van der Waals surface area contributed by atoms with Crippen molar-refractivity contribution in [1.29, 1.82) is 0 Å². The predicted octanol–water partition coefficient (Wildman–Crippen LogP) is 4.88. The molecule has 1 heterocycles. The van der Waals surface area contributed by atoms with Gasteiger partial charge in [0.05, 0.1) is 5.69 Å². The molecule has 2 aromatic carbocycles. The number of aromatic nitrogens is 1. The zero-order chi connectivity index (χ0) is 20.1. The number of benzene rings is 2. The van der Waals surface area contributed by atoms with Crippen molar-refractivity contribution in [2.45, 2.75) is 32.7 Å². The van der Waals surface area contributed by atoms with Gasteiger partial charge in [-0.3, -0.25) is 9.78 Å². The maximum atomic E-state index is 13.1. The molecule has 1 aromatic heterocycles. The van der Waals surface area contributed by atoms with E-state index in [1.807, 2.05) is 6.07 Å². The fraction of sp³-hybridized carbons (Fsp3) is 0.273. The molecule has 3 rings (SSSR count). The van der Waals surface area contributed by atoms with Crippen LogP contribution in [0.25, 0.3) is 10.8 Å². The number of pyridine rings is 1. The minimum absolute atomic E-state index is 0.0315. The molecule has 0 aliphatic heterocycles. The third-order valence-corrected chi connectivity index (χ3v) is 4.10. The Morgan fingerprint density at radius 3 is 2.54 bits per heavy atom. The number of carbonyl (C=O) groups excluding carboxylic acids is 1. The molecule has 146 valence electrons. The van der Waals surface area contributed by atoms with E-state index in [4.69, 9.17) is 4.74 Å². The van der Waals surface area contributed by atoms with Crippen molar-refractivity contribution in [2.75, 3.05) is 11.9 Å². The Balaban J connectivity index is 1.78. The number of hydrogen-bond donors (Lipinski definition) is 2. The van der Waals surface area contributed by atoms with Crippen LogP contribution in [-0.2, 0) is 4.79 Å². The number of halogens is 1. The van der Waals surface area contributed by atoms with Gasteiger partial charge in [-0.2, -0.15) is 0 Å². The van der Waals surface area contributed by atoms with Crippen molar-refractivity contribution in [3.05, 3.63) is 60.7 Å². The van der Waals surface area contributed by atoms with E-state index in [9.17, 15) is 9.18 Å². The minimum atomic E-state index is -0.319. The topological polar surface area (TPSA) is 63.2 Å². The molecule has 0 radical (unpaired) electrons. The average Bonchev–Trinajstić information content (AvgIpc) is 2.64. The van der Waals surface area contributed by atoms with E-state index >= 15 is 0 Å². The summed E-state index contributed by atoms with van der Waals surface area (Å²) in [5.41, 5.74) is 0.645. The van der Waals surface area contributed by atoms with Gasteiger partial charge in [-0.15, -0.1) is 0 Å². The maximum Gasteiger partial charge on any atom is 0.225 e. The SMILES string of the molecule is CC(C)(C)NCCC(=O)Nc1ccc(Oc2ccc(F)cc2)c2ccncc12. The van der Waals surface area contributed by atoms with Gasteiger partial charge in [0.25, 0.3) is 0 Å². The van der Waals surface area contributed by atoms with Crippen LogP contribution in [0.3, 0.4) is 0 Å². The summed E-state index contributed by atoms with van der Waals surface area (Å²) in [7, 11) is 0. The fourth-order valence-corrected chi connectivity index (χ4v) is 2.75. The smallest absolute Gasteiger partial charge is 0.225 e. The second-order valence-electron chi connectivity index (χ2n) is 7.56. The van der Waals surface area contributed by atoms with Crippen LogP contribution in [0.5, 0.6) is 11.5 Å². The second-order valence-corrected chi connectivity index (χ2v) is 7.56. The number of rotatable bonds is 6. The summed E-state index contributed by atoms with van der Waals surface area (Å²) >= 11 is 0. The molecule has 0 saturated heterocycles. The number of nitrogens with zero attached hydrogens (tertiary/aromatic N) is 1. The van der Waals surface area contributed by atoms with Crippen LogP contribution in [0.15, 0.2) is 54.9 Å². The predicted molar refractivity (Wildman–Crippen MR) is 109 cm³/mol. The summed E-state index contributed by atoms with van der Waals surface area (Å²) in [6, 6.07) is 11.2. The number of amides is 1. The lowest BCUT2D eigenvalue weighted by atomic mass is 10.1. The largest absolute Gasteiger partial charge is 0.457 e. The van der Waals surface area contributed by atoms with Crippen LogP contribution in [0.2, 0.25) is 0 Å². The Labute approximate surface area is 163 Å². The number of hydrogen-bond acceptors (Lipinski definition) is 4. The first-order valence-corrected chi connectivity index (χ1v) is 9.17. The number of anilines is 1. The summed E-state index contributed by atoms with van der Waals surface area (Å²) in [5.74, 6) is 0.746. The fourth-order valence-electron chi connectivity index (χ4n) is 2.75. The summed E-state index contributed by atoms with van der Waals surface area (Å²) in [6.07, 6.45) is 3.72. The molecule has 0 aliphatic carbocycles. The summed E-state index contributed by atoms with van der Waals surface area (Å²) in [5, 5.41) is 7.83. The van der Waals surface area contributed by atoms with Crippen molar-refractivity contribution in [3.8, 4) is 11.5 Å². The molecule has 0 atom stereocenters. The van der Waals surface area contributed by atoms with Crippen LogP contribution in [0.1, 0.15) is 27.2 Å². The number of fused-ring (bicyclic) bond motifs is 1. The zero-order valence-corrected chi connectivity index (χ0v) is 16.3. The Bertz CT molecular complexity index is 966. The molecule has 0 unspecified atom stereocenters. The van der Waals surface area contributed by atoms with E-state index in [0.717, 1.165) is 10.8 Å². The van der Waals surface area contributed by atoms with E-state index in [0.29, 0.717) is 30.2 Å². The first-order chi connectivity index (χ1) is 13.3. The average molecular weight is 381 g/mol. The number of carbonyl (C=O) groups is 1. The quantitative estimate of drug-likeness (QED) is 0.639. The molecular formula is C22H24FN3O2. The first kappa shape index (κ1) is 19.8. The van der Waals surface area contributed by atoms with Crippen molar-refractivity contribution in [3.63, 3.8) is 0 Å². The van der Waals surface area contributed by atoms with Crippen LogP contribution < -0.4 is 15.4 Å². The second kappa shape index (κ2) is 8.35. The third kappa shape index (κ3) is 5.27. The normalized spacial score (nSPS) is 11.4. The molecule has 0 bridgehead atoms. The molecule has 1 amide bonds. The molecular weight excluding hydrogens is 357 g/mol. The number of nitrogens with one attached hydrogen (secondary N) is 2. The highest BCUT2D eigenvalue weighted by Crippen LogP contribution is 2.34. The van der Waals surface area contributed by atoms with Crippen LogP contribution in [0, 0.1) is 5.82 Å². The Kier molecular flexibility index (Phi) is 5.90. The van der Waals surface area contributed by atoms with Gasteiger partial charge in [0, 0.05) is 41.7 Å². The van der Waals surface area contributed by atoms with Gasteiger partial charge in [-0.25, -0.2) is 4.39 Å². The summed E-state index contributed by atoms with van der Waals surface area (Å²) < 4.78 is 19.0. The monoisotopic (exact) mass is 381 g/mol. The molecule has 0 spiro atoms. The van der Waals surface area contributed by atoms with Crippen molar-refractivity contribution < 1.29 is 13.9 Å². The van der Waals surface area contributed by atoms with Gasteiger partial charge in [0.1, 0.15) is 17.3 Å². The van der Waals surface area contributed by atoms with Crippen LogP contribution >= 0.6 is 0 Å². The maximum absolute atomic E-state index is 13.1. The van der Waals surface area contributed by atoms with Gasteiger partial charge in [-0.05, 0) is 63.2 Å². The van der Waals surface area contributed by atoms with Crippen molar-refractivity contribution in [2.24, 2.45) is 0 Å². The first-order valence-electron chi connectivity index (χ1n) is 9.17. The lowest BCUT2D eigenvalue weighted by Gasteiger charge is -2.20. The Morgan fingerprint density at radius 2 is 1.82 bits per heavy atom. The molecule has 28 heavy (non-hydrogen) atoms. The van der Waals surface area contributed by atoms with Crippen LogP contribution in [-0.4, -0.2) is 23.0 Å². The van der Waals surface area contributed by atoms with Crippen molar-refractivity contribution in [1.82, 2.24) is 10.3 Å². The van der Waals surface area contributed by atoms with Gasteiger partial charge in [0.2, 0.25) is 5.91 Å². The van der Waals surface area contributed by atoms with Gasteiger partial charge in [0.15, 0.2) is 0 Å². The molecule has 3 aromatic rings. The Hall–Kier alpha value is -2.99. The number of ether oxygens (including phenoxy) is 1. The van der Waals surface area contributed by atoms with Crippen molar-refractivity contribution >= 4 is 22.4 Å². The highest BCUT2D eigenvalue weighted by Gasteiger charge is 2.12. The molecule has 0 fully saturated rings. The summed E-state index contributed by atoms with van der Waals surface area (Å²) in [6.45, 7) is 6.77. The van der Waals surface area contributed by atoms with Gasteiger partial charge < -0.3 is 15.4 Å². The zero-order valence-electron chi connectivity index (χ0n) is 16.3. The minimum Gasteiger partial charge on any atom is -0.457 e. The van der Waals surface area contributed by atoms with E-state index in [1.54, 1.807) is 36.7 Å². The van der Waals surface area contributed by atoms with E-state index < -0.39 is 0 Å². The Morgan fingerprint density at radius 1 is 1.07 bits per heavy atom. The van der Waals surface area contributed by atoms with Gasteiger partial charge in [-0.1, -0.05) is 0 Å². The van der Waals surface area contributed by atoms with E-state index in [1.165, 1.54) is 12.1 Å². The molecule has 0 saturated carbocycles. The van der Waals surface area contributed by atoms with Crippen LogP contribution in [0.4, 0.5) is 10.1 Å². The highest BCUT2D eigenvalue weighted by molar-refractivity contribution is 6.04. The van der Waals surface area contributed by atoms with E-state index in [-0.39, 0.29) is 17.3 Å². The summed E-state index contributed by atoms with van der Waals surface area (Å²) in [4.78, 5) is 16.5. The molecule has 6 heteroatoms. The molecule has 5 nitrogen and oxygen atoms in total. The lowest BCUT2D eigenvalue weighted by molar-refractivity contribution is -0.116. The lowest BCUT2D eigenvalue weighted by Crippen LogP contribution is -2.37. The molecule has 2 N–H and O–H groups in total. The third-order valence-electron chi connectivity index (χ3n) is 4.10. The molecule has 0 aliphatic rings. The highest BCUT2D eigenvalue weighted by atomic mass is 19.1. The standard InChI is InChI=1S/C22H24FN3O2/c1-22(2,3)25-13-11-21(27)26-19-8-9-20(17-10-12-24-14-18(17)19)28-16-6-4-15(23)5-7-16/h4-10,12,14,25H,11,13H2,1-3H3,(H,26,27). The van der Waals surface area contributed by atoms with Gasteiger partial charge >= 0.3 is 0 Å². The van der Waals surface area contributed by atoms with E-state index in [2.05, 4.69) is 36.4 Å².